The van der Waals surface area contributed by atoms with Gasteiger partial charge in [0.1, 0.15) is 5.71 Å². The van der Waals surface area contributed by atoms with Crippen LogP contribution >= 0.6 is 0 Å². The van der Waals surface area contributed by atoms with Crippen molar-refractivity contribution >= 4 is 33.6 Å². The summed E-state index contributed by atoms with van der Waals surface area (Å²) >= 11 is 0. The number of anilines is 1. The van der Waals surface area contributed by atoms with Crippen molar-refractivity contribution in [2.24, 2.45) is 5.73 Å². The molecule has 0 spiro atoms. The first-order valence-electron chi connectivity index (χ1n) is 8.97. The molecule has 8 heteroatoms. The Kier molecular flexibility index (Phi) is 6.43. The Morgan fingerprint density at radius 3 is 2.43 bits per heavy atom. The highest BCUT2D eigenvalue weighted by Gasteiger charge is 2.37. The zero-order valence-electron chi connectivity index (χ0n) is 15.9. The van der Waals surface area contributed by atoms with Gasteiger partial charge in [-0.05, 0) is 43.5 Å². The second kappa shape index (κ2) is 8.41. The van der Waals surface area contributed by atoms with Crippen LogP contribution in [0.5, 0.6) is 0 Å². The molecule has 150 valence electrons. The molecule has 0 saturated carbocycles. The Morgan fingerprint density at radius 1 is 1.21 bits per heavy atom. The molecule has 2 rings (SSSR count). The zero-order valence-corrected chi connectivity index (χ0v) is 15.9. The summed E-state index contributed by atoms with van der Waals surface area (Å²) in [4.78, 5) is 4.31. The van der Waals surface area contributed by atoms with Gasteiger partial charge in [0.25, 0.3) is 0 Å². The van der Waals surface area contributed by atoms with Crippen LogP contribution in [-0.4, -0.2) is 22.6 Å². The summed E-state index contributed by atoms with van der Waals surface area (Å²) in [5, 5.41) is 16.2. The molecular weight excluding hydrogens is 367 g/mol. The first-order chi connectivity index (χ1) is 13.1. The topological polar surface area (TPSA) is 113 Å². The van der Waals surface area contributed by atoms with Crippen LogP contribution in [0.1, 0.15) is 49.9 Å². The number of alkyl halides is 3. The Hall–Kier alpha value is -2.90. The van der Waals surface area contributed by atoms with E-state index >= 15 is 0 Å². The molecule has 1 aromatic heterocycles. The quantitative estimate of drug-likeness (QED) is 0.308. The second-order valence-corrected chi connectivity index (χ2v) is 6.63. The van der Waals surface area contributed by atoms with E-state index in [4.69, 9.17) is 22.3 Å². The molecule has 6 N–H and O–H groups in total. The van der Waals surface area contributed by atoms with E-state index in [1.54, 1.807) is 19.1 Å². The van der Waals surface area contributed by atoms with Crippen LogP contribution in [0.2, 0.25) is 0 Å². The minimum atomic E-state index is -4.83. The molecule has 0 aliphatic heterocycles. The number of halogens is 3. The molecule has 0 atom stereocenters. The fourth-order valence-electron chi connectivity index (χ4n) is 3.18. The summed E-state index contributed by atoms with van der Waals surface area (Å²) in [6.07, 6.45) is -0.694. The molecule has 0 bridgehead atoms. The predicted octanol–water partition coefficient (Wildman–Crippen LogP) is 4.82. The van der Waals surface area contributed by atoms with Crippen molar-refractivity contribution < 1.29 is 13.2 Å². The SMILES string of the molecule is CCCCCc1cc(/C(=C/N)C(=N)C(F)(F)F)nc2ccc(N)c(C(C)=N)c12. The number of nitrogens with zero attached hydrogens (tertiary/aromatic N) is 1. The van der Waals surface area contributed by atoms with Gasteiger partial charge in [-0.2, -0.15) is 13.2 Å². The van der Waals surface area contributed by atoms with Gasteiger partial charge in [-0.3, -0.25) is 5.41 Å². The fraction of sp³-hybridized carbons (Fsp3) is 0.350. The van der Waals surface area contributed by atoms with Crippen molar-refractivity contribution in [3.05, 3.63) is 41.2 Å². The third kappa shape index (κ3) is 4.32. The van der Waals surface area contributed by atoms with Crippen LogP contribution in [0, 0.1) is 10.8 Å². The number of nitrogen functional groups attached to an aromatic ring is 1. The maximum absolute atomic E-state index is 13.1. The molecule has 0 saturated heterocycles. The van der Waals surface area contributed by atoms with Gasteiger partial charge in [0, 0.05) is 34.1 Å². The van der Waals surface area contributed by atoms with E-state index in [2.05, 4.69) is 11.9 Å². The van der Waals surface area contributed by atoms with Crippen molar-refractivity contribution in [3.63, 3.8) is 0 Å². The molecule has 0 fully saturated rings. The summed E-state index contributed by atoms with van der Waals surface area (Å²) < 4.78 is 39.2. The van der Waals surface area contributed by atoms with Gasteiger partial charge in [-0.25, -0.2) is 4.98 Å². The summed E-state index contributed by atoms with van der Waals surface area (Å²) in [5.74, 6) is 0. The molecule has 2 aromatic rings. The number of aromatic nitrogens is 1. The minimum Gasteiger partial charge on any atom is -0.404 e. The number of nitrogens with two attached hydrogens (primary N) is 2. The van der Waals surface area contributed by atoms with Gasteiger partial charge >= 0.3 is 6.18 Å². The molecule has 0 aliphatic rings. The second-order valence-electron chi connectivity index (χ2n) is 6.63. The van der Waals surface area contributed by atoms with E-state index in [0.29, 0.717) is 28.6 Å². The zero-order chi connectivity index (χ0) is 21.1. The summed E-state index contributed by atoms with van der Waals surface area (Å²) in [5.41, 5.74) is 11.8. The highest BCUT2D eigenvalue weighted by atomic mass is 19.4. The molecule has 28 heavy (non-hydrogen) atoms. The van der Waals surface area contributed by atoms with Crippen molar-refractivity contribution in [3.8, 4) is 0 Å². The van der Waals surface area contributed by atoms with E-state index in [1.807, 2.05) is 0 Å². The largest absolute Gasteiger partial charge is 0.433 e. The Bertz CT molecular complexity index is 945. The first kappa shape index (κ1) is 21.4. The Morgan fingerprint density at radius 2 is 1.89 bits per heavy atom. The lowest BCUT2D eigenvalue weighted by atomic mass is 9.93. The number of benzene rings is 1. The van der Waals surface area contributed by atoms with Crippen LogP contribution < -0.4 is 11.5 Å². The van der Waals surface area contributed by atoms with Crippen LogP contribution in [0.25, 0.3) is 16.5 Å². The Labute approximate surface area is 161 Å². The van der Waals surface area contributed by atoms with Crippen molar-refractivity contribution in [1.29, 1.82) is 10.8 Å². The molecule has 1 aromatic carbocycles. The average Bonchev–Trinajstić information content (AvgIpc) is 2.61. The third-order valence-electron chi connectivity index (χ3n) is 4.51. The van der Waals surface area contributed by atoms with Crippen molar-refractivity contribution in [2.45, 2.75) is 45.7 Å². The molecule has 5 nitrogen and oxygen atoms in total. The summed E-state index contributed by atoms with van der Waals surface area (Å²) in [7, 11) is 0. The maximum Gasteiger partial charge on any atom is 0.433 e. The lowest BCUT2D eigenvalue weighted by Gasteiger charge is -2.17. The van der Waals surface area contributed by atoms with Gasteiger partial charge in [0.15, 0.2) is 0 Å². The van der Waals surface area contributed by atoms with Crippen LogP contribution in [0.3, 0.4) is 0 Å². The van der Waals surface area contributed by atoms with Crippen LogP contribution in [0.4, 0.5) is 18.9 Å². The summed E-state index contributed by atoms with van der Waals surface area (Å²) in [6.45, 7) is 3.67. The molecular formula is C20H24F3N5. The highest BCUT2D eigenvalue weighted by Crippen LogP contribution is 2.32. The minimum absolute atomic E-state index is 0.0119. The van der Waals surface area contributed by atoms with Crippen molar-refractivity contribution in [2.75, 3.05) is 5.73 Å². The van der Waals surface area contributed by atoms with Gasteiger partial charge in [-0.15, -0.1) is 0 Å². The Balaban J connectivity index is 2.76. The summed E-state index contributed by atoms with van der Waals surface area (Å²) in [6, 6.07) is 4.74. The number of rotatable bonds is 7. The van der Waals surface area contributed by atoms with Gasteiger partial charge in [0.05, 0.1) is 11.2 Å². The van der Waals surface area contributed by atoms with E-state index in [9.17, 15) is 13.2 Å². The highest BCUT2D eigenvalue weighted by molar-refractivity contribution is 6.24. The van der Waals surface area contributed by atoms with Crippen molar-refractivity contribution in [1.82, 2.24) is 4.98 Å². The molecule has 0 amide bonds. The number of pyridine rings is 1. The maximum atomic E-state index is 13.1. The molecule has 1 heterocycles. The lowest BCUT2D eigenvalue weighted by molar-refractivity contribution is -0.0578. The monoisotopic (exact) mass is 391 g/mol. The number of hydrogen-bond acceptors (Lipinski definition) is 5. The number of allylic oxidation sites excluding steroid dienone is 1. The molecule has 0 radical (unpaired) electrons. The number of nitrogens with one attached hydrogen (secondary N) is 2. The lowest BCUT2D eigenvalue weighted by Crippen LogP contribution is -2.24. The van der Waals surface area contributed by atoms with E-state index in [0.717, 1.165) is 31.0 Å². The number of hydrogen-bond donors (Lipinski definition) is 4. The van der Waals surface area contributed by atoms with E-state index in [1.165, 1.54) is 6.07 Å². The molecule has 0 aliphatic carbocycles. The van der Waals surface area contributed by atoms with Gasteiger partial charge in [-0.1, -0.05) is 19.8 Å². The standard InChI is InChI=1S/C20H24F3N5/c1-3-4-5-6-12-9-16(13(10-24)19(27)20(21,22)23)28-15-8-7-14(26)17(11(2)25)18(12)15/h7-10,25,27H,3-6,24,26H2,1-2H3/b13-10-,25-11?,27-19?. The average molecular weight is 391 g/mol. The predicted molar refractivity (Wildman–Crippen MR) is 108 cm³/mol. The number of unbranched alkanes of at least 4 members (excludes halogenated alkanes) is 2. The first-order valence-corrected chi connectivity index (χ1v) is 8.97. The fourth-order valence-corrected chi connectivity index (χ4v) is 3.18. The smallest absolute Gasteiger partial charge is 0.404 e. The van der Waals surface area contributed by atoms with Gasteiger partial charge < -0.3 is 16.9 Å². The third-order valence-corrected chi connectivity index (χ3v) is 4.51. The van der Waals surface area contributed by atoms with Gasteiger partial charge in [0.2, 0.25) is 0 Å². The molecule has 0 unspecified atom stereocenters. The van der Waals surface area contributed by atoms with Crippen LogP contribution in [0.15, 0.2) is 24.4 Å². The van der Waals surface area contributed by atoms with E-state index < -0.39 is 17.5 Å². The number of aryl methyl sites for hydroxylation is 1. The van der Waals surface area contributed by atoms with Crippen LogP contribution in [-0.2, 0) is 6.42 Å². The normalized spacial score (nSPS) is 12.4. The number of fused-ring (bicyclic) bond motifs is 1. The van der Waals surface area contributed by atoms with E-state index in [-0.39, 0.29) is 11.4 Å².